The Kier molecular flexibility index (Phi) is 5.36. The largest absolute Gasteiger partial charge is 0.480 e. The van der Waals surface area contributed by atoms with Gasteiger partial charge in [-0.15, -0.1) is 0 Å². The molecule has 36 heavy (non-hydrogen) atoms. The molecule has 1 spiro atoms. The Morgan fingerprint density at radius 2 is 2.11 bits per heavy atom. The zero-order chi connectivity index (χ0) is 24.9. The number of rotatable bonds is 4. The Morgan fingerprint density at radius 1 is 1.28 bits per heavy atom. The number of methoxy groups -OCH3 is 1. The maximum Gasteiger partial charge on any atom is 0.251 e. The lowest BCUT2D eigenvalue weighted by Gasteiger charge is -2.48. The lowest BCUT2D eigenvalue weighted by Crippen LogP contribution is -2.60. The summed E-state index contributed by atoms with van der Waals surface area (Å²) < 4.78 is 14.6. The van der Waals surface area contributed by atoms with Gasteiger partial charge in [-0.25, -0.2) is 9.50 Å². The summed E-state index contributed by atoms with van der Waals surface area (Å²) in [4.78, 5) is 31.5. The lowest BCUT2D eigenvalue weighted by molar-refractivity contribution is -0.158. The maximum absolute atomic E-state index is 13.2. The van der Waals surface area contributed by atoms with E-state index < -0.39 is 0 Å². The van der Waals surface area contributed by atoms with Crippen molar-refractivity contribution in [1.29, 1.82) is 0 Å². The van der Waals surface area contributed by atoms with Crippen molar-refractivity contribution >= 4 is 28.4 Å². The summed E-state index contributed by atoms with van der Waals surface area (Å²) in [5.74, 6) is 0.380. The number of ether oxygens (including phenoxy) is 2. The van der Waals surface area contributed by atoms with E-state index in [4.69, 9.17) is 9.47 Å². The van der Waals surface area contributed by atoms with Crippen LogP contribution in [0.15, 0.2) is 42.9 Å². The summed E-state index contributed by atoms with van der Waals surface area (Å²) in [6, 6.07) is 7.24. The number of likely N-dealkylation sites (N-methyl/N-ethyl adjacent to an activating group) is 1. The van der Waals surface area contributed by atoms with Crippen LogP contribution in [0.3, 0.4) is 0 Å². The van der Waals surface area contributed by atoms with Crippen LogP contribution in [0.25, 0.3) is 22.2 Å². The van der Waals surface area contributed by atoms with Crippen molar-refractivity contribution in [1.82, 2.24) is 34.6 Å². The highest BCUT2D eigenvalue weighted by Gasteiger charge is 2.44. The molecule has 2 fully saturated rings. The molecule has 0 bridgehead atoms. The van der Waals surface area contributed by atoms with E-state index >= 15 is 0 Å². The fourth-order valence-electron chi connectivity index (χ4n) is 5.36. The normalized spacial score (nSPS) is 22.4. The number of fused-ring (bicyclic) bond motifs is 2. The number of nitrogens with one attached hydrogen (secondary N) is 1. The molecular weight excluding hydrogens is 462 g/mol. The van der Waals surface area contributed by atoms with Gasteiger partial charge in [-0.1, -0.05) is 0 Å². The van der Waals surface area contributed by atoms with Crippen LogP contribution in [0.4, 0.5) is 0 Å². The Labute approximate surface area is 207 Å². The average Bonchev–Trinajstić information content (AvgIpc) is 3.49. The van der Waals surface area contributed by atoms with E-state index in [9.17, 15) is 9.59 Å². The van der Waals surface area contributed by atoms with E-state index in [1.165, 1.54) is 0 Å². The molecule has 1 aliphatic heterocycles. The number of carbonyl (C=O) groups is 2. The SMILES string of the molecule is COc1c2cc(C(=O)NC3CCC4(CC3)COCC(=O)N4C)ccc2nn1-c1cnn2cccnc12. The van der Waals surface area contributed by atoms with Crippen LogP contribution >= 0.6 is 0 Å². The zero-order valence-electron chi connectivity index (χ0n) is 20.2. The summed E-state index contributed by atoms with van der Waals surface area (Å²) in [5.41, 5.74) is 2.30. The molecule has 1 saturated heterocycles. The van der Waals surface area contributed by atoms with Crippen LogP contribution in [0.2, 0.25) is 0 Å². The van der Waals surface area contributed by atoms with Gasteiger partial charge in [-0.3, -0.25) is 9.59 Å². The van der Waals surface area contributed by atoms with Gasteiger partial charge in [0.1, 0.15) is 12.3 Å². The number of hydrogen-bond acceptors (Lipinski definition) is 7. The highest BCUT2D eigenvalue weighted by molar-refractivity contribution is 5.99. The minimum absolute atomic E-state index is 0.0198. The standard InChI is InChI=1S/C25H27N7O4/c1-30-21(33)14-36-15-25(30)8-6-17(7-9-25)28-23(34)16-4-5-19-18(12-16)24(35-2)32(29-19)20-13-27-31-11-3-10-26-22(20)31/h3-5,10-13,17H,6-9,14-15H2,1-2H3,(H,28,34). The van der Waals surface area contributed by atoms with Gasteiger partial charge in [0, 0.05) is 31.0 Å². The summed E-state index contributed by atoms with van der Waals surface area (Å²) in [7, 11) is 3.43. The van der Waals surface area contributed by atoms with E-state index in [1.54, 1.807) is 46.9 Å². The van der Waals surface area contributed by atoms with Crippen LogP contribution in [-0.4, -0.2) is 80.0 Å². The average molecular weight is 490 g/mol. The number of nitrogens with zero attached hydrogens (tertiary/aromatic N) is 6. The molecular formula is C25H27N7O4. The third-order valence-corrected chi connectivity index (χ3v) is 7.50. The number of aromatic nitrogens is 5. The first-order valence-electron chi connectivity index (χ1n) is 12.0. The van der Waals surface area contributed by atoms with E-state index in [1.807, 2.05) is 24.2 Å². The molecule has 3 aromatic heterocycles. The van der Waals surface area contributed by atoms with Gasteiger partial charge in [-0.05, 0) is 49.9 Å². The van der Waals surface area contributed by atoms with E-state index in [-0.39, 0.29) is 30.0 Å². The second-order valence-electron chi connectivity index (χ2n) is 9.49. The molecule has 0 unspecified atom stereocenters. The molecule has 2 amide bonds. The molecule has 2 aliphatic rings. The Hall–Kier alpha value is -3.99. The monoisotopic (exact) mass is 489 g/mol. The molecule has 4 heterocycles. The van der Waals surface area contributed by atoms with Crippen LogP contribution in [0.1, 0.15) is 36.0 Å². The molecule has 1 N–H and O–H groups in total. The second kappa shape index (κ2) is 8.59. The summed E-state index contributed by atoms with van der Waals surface area (Å²) >= 11 is 0. The number of hydrogen-bond donors (Lipinski definition) is 1. The number of morpholine rings is 1. The molecule has 0 atom stereocenters. The first kappa shape index (κ1) is 22.5. The molecule has 1 saturated carbocycles. The van der Waals surface area contributed by atoms with Crippen molar-refractivity contribution in [2.24, 2.45) is 0 Å². The molecule has 4 aromatic rings. The molecule has 0 radical (unpaired) electrons. The Bertz CT molecular complexity index is 1470. The fraction of sp³-hybridized carbons (Fsp3) is 0.400. The second-order valence-corrected chi connectivity index (χ2v) is 9.49. The third-order valence-electron chi connectivity index (χ3n) is 7.50. The quantitative estimate of drug-likeness (QED) is 0.466. The maximum atomic E-state index is 13.2. The van der Waals surface area contributed by atoms with E-state index in [0.717, 1.165) is 31.1 Å². The molecule has 1 aromatic carbocycles. The third kappa shape index (κ3) is 3.58. The lowest BCUT2D eigenvalue weighted by atomic mass is 9.78. The molecule has 6 rings (SSSR count). The van der Waals surface area contributed by atoms with Crippen LogP contribution in [0, 0.1) is 0 Å². The zero-order valence-corrected chi connectivity index (χ0v) is 20.2. The summed E-state index contributed by atoms with van der Waals surface area (Å²) in [6.45, 7) is 0.702. The van der Waals surface area contributed by atoms with Gasteiger partial charge < -0.3 is 19.7 Å². The van der Waals surface area contributed by atoms with Crippen molar-refractivity contribution < 1.29 is 19.1 Å². The number of benzene rings is 1. The van der Waals surface area contributed by atoms with Crippen molar-refractivity contribution in [3.63, 3.8) is 0 Å². The van der Waals surface area contributed by atoms with Crippen molar-refractivity contribution in [2.75, 3.05) is 27.4 Å². The first-order valence-corrected chi connectivity index (χ1v) is 12.0. The van der Waals surface area contributed by atoms with E-state index in [0.29, 0.717) is 34.9 Å². The topological polar surface area (TPSA) is 116 Å². The van der Waals surface area contributed by atoms with E-state index in [2.05, 4.69) is 20.5 Å². The Balaban J connectivity index is 1.22. The fourth-order valence-corrected chi connectivity index (χ4v) is 5.36. The predicted octanol–water partition coefficient (Wildman–Crippen LogP) is 1.98. The number of carbonyl (C=O) groups excluding carboxylic acids is 2. The number of amides is 2. The van der Waals surface area contributed by atoms with Gasteiger partial charge >= 0.3 is 0 Å². The molecule has 11 heteroatoms. The van der Waals surface area contributed by atoms with Gasteiger partial charge in [0.2, 0.25) is 11.8 Å². The van der Waals surface area contributed by atoms with Gasteiger partial charge in [0.25, 0.3) is 5.91 Å². The molecule has 11 nitrogen and oxygen atoms in total. The van der Waals surface area contributed by atoms with Gasteiger partial charge in [0.05, 0.1) is 36.4 Å². The van der Waals surface area contributed by atoms with Crippen LogP contribution in [0.5, 0.6) is 5.88 Å². The highest BCUT2D eigenvalue weighted by Crippen LogP contribution is 2.36. The summed E-state index contributed by atoms with van der Waals surface area (Å²) in [6.07, 6.45) is 8.37. The minimum Gasteiger partial charge on any atom is -0.480 e. The predicted molar refractivity (Wildman–Crippen MR) is 130 cm³/mol. The first-order chi connectivity index (χ1) is 17.5. The van der Waals surface area contributed by atoms with Gasteiger partial charge in [0.15, 0.2) is 5.65 Å². The van der Waals surface area contributed by atoms with Gasteiger partial charge in [-0.2, -0.15) is 14.9 Å². The summed E-state index contributed by atoms with van der Waals surface area (Å²) in [5, 5.41) is 12.9. The van der Waals surface area contributed by atoms with Crippen molar-refractivity contribution in [3.05, 3.63) is 48.4 Å². The Morgan fingerprint density at radius 3 is 2.92 bits per heavy atom. The molecule has 1 aliphatic carbocycles. The van der Waals surface area contributed by atoms with Crippen LogP contribution < -0.4 is 10.1 Å². The minimum atomic E-state index is -0.260. The van der Waals surface area contributed by atoms with Crippen molar-refractivity contribution in [2.45, 2.75) is 37.3 Å². The highest BCUT2D eigenvalue weighted by atomic mass is 16.5. The smallest absolute Gasteiger partial charge is 0.251 e. The molecule has 186 valence electrons. The van der Waals surface area contributed by atoms with Crippen LogP contribution in [-0.2, 0) is 9.53 Å². The van der Waals surface area contributed by atoms with Crippen molar-refractivity contribution in [3.8, 4) is 11.6 Å².